The molecule has 1 N–H and O–H groups in total. The Labute approximate surface area is 85.7 Å². The quantitative estimate of drug-likeness (QED) is 0.821. The number of hydrogen-bond donors (Lipinski definition) is 1. The zero-order valence-corrected chi connectivity index (χ0v) is 8.32. The third-order valence-electron chi connectivity index (χ3n) is 2.04. The van der Waals surface area contributed by atoms with Crippen LogP contribution in [0.2, 0.25) is 5.02 Å². The lowest BCUT2D eigenvalue weighted by atomic mass is 10.2. The van der Waals surface area contributed by atoms with Crippen LogP contribution in [0.1, 0.15) is 5.56 Å². The van der Waals surface area contributed by atoms with Crippen LogP contribution in [0.5, 0.6) is 5.75 Å². The fraction of sp³-hybridized carbons (Fsp3) is 0.222. The first kappa shape index (κ1) is 9.30. The van der Waals surface area contributed by atoms with Crippen LogP contribution in [0.3, 0.4) is 0 Å². The van der Waals surface area contributed by atoms with Gasteiger partial charge in [0, 0.05) is 11.8 Å². The highest BCUT2D eigenvalue weighted by atomic mass is 35.5. The van der Waals surface area contributed by atoms with Crippen molar-refractivity contribution < 1.29 is 9.84 Å². The summed E-state index contributed by atoms with van der Waals surface area (Å²) in [6, 6.07) is 1.70. The van der Waals surface area contributed by atoms with Crippen molar-refractivity contribution in [1.29, 1.82) is 0 Å². The predicted octanol–water partition coefficient (Wildman–Crippen LogP) is 1.49. The summed E-state index contributed by atoms with van der Waals surface area (Å²) in [5, 5.41) is 13.7. The van der Waals surface area contributed by atoms with Crippen LogP contribution in [0, 0.1) is 0 Å². The van der Waals surface area contributed by atoms with Gasteiger partial charge < -0.3 is 9.84 Å². The van der Waals surface area contributed by atoms with E-state index in [0.717, 1.165) is 0 Å². The topological polar surface area (TPSA) is 46.8 Å². The molecule has 0 aliphatic rings. The average Bonchev–Trinajstić information content (AvgIpc) is 2.61. The van der Waals surface area contributed by atoms with Crippen LogP contribution in [0.15, 0.2) is 18.5 Å². The smallest absolute Gasteiger partial charge is 0.163 e. The first-order valence-corrected chi connectivity index (χ1v) is 4.45. The minimum atomic E-state index is -0.0831. The second-order valence-electron chi connectivity index (χ2n) is 2.82. The van der Waals surface area contributed by atoms with Crippen molar-refractivity contribution in [3.63, 3.8) is 0 Å². The molecule has 0 aromatic carbocycles. The zero-order valence-electron chi connectivity index (χ0n) is 7.57. The molecular formula is C9H9ClN2O2. The number of hydrogen-bond acceptors (Lipinski definition) is 3. The van der Waals surface area contributed by atoms with Crippen LogP contribution < -0.4 is 4.74 Å². The van der Waals surface area contributed by atoms with E-state index in [0.29, 0.717) is 21.9 Å². The molecule has 0 bridgehead atoms. The first-order chi connectivity index (χ1) is 6.77. The molecular weight excluding hydrogens is 204 g/mol. The molecule has 0 unspecified atom stereocenters. The summed E-state index contributed by atoms with van der Waals surface area (Å²) < 4.78 is 6.78. The summed E-state index contributed by atoms with van der Waals surface area (Å²) in [5.74, 6) is 0.538. The van der Waals surface area contributed by atoms with Crippen LogP contribution in [0.25, 0.3) is 5.52 Å². The third kappa shape index (κ3) is 1.23. The molecule has 2 heterocycles. The Kier molecular flexibility index (Phi) is 2.31. The van der Waals surface area contributed by atoms with Gasteiger partial charge in [-0.15, -0.1) is 0 Å². The summed E-state index contributed by atoms with van der Waals surface area (Å²) in [7, 11) is 1.54. The number of rotatable bonds is 2. The number of nitrogens with zero attached hydrogens (tertiary/aromatic N) is 2. The molecule has 0 aliphatic heterocycles. The predicted molar refractivity (Wildman–Crippen MR) is 52.7 cm³/mol. The van der Waals surface area contributed by atoms with Crippen molar-refractivity contribution >= 4 is 17.1 Å². The van der Waals surface area contributed by atoms with E-state index in [1.807, 2.05) is 0 Å². The Balaban J connectivity index is 2.81. The molecule has 0 aliphatic carbocycles. The van der Waals surface area contributed by atoms with Gasteiger partial charge in [0.15, 0.2) is 5.75 Å². The second-order valence-corrected chi connectivity index (χ2v) is 3.23. The molecule has 0 amide bonds. The highest BCUT2D eigenvalue weighted by molar-refractivity contribution is 6.32. The van der Waals surface area contributed by atoms with E-state index >= 15 is 0 Å². The average molecular weight is 213 g/mol. The molecule has 2 rings (SSSR count). The maximum absolute atomic E-state index is 9.08. The van der Waals surface area contributed by atoms with Crippen LogP contribution >= 0.6 is 11.6 Å². The van der Waals surface area contributed by atoms with E-state index in [9.17, 15) is 0 Å². The number of halogens is 1. The highest BCUT2D eigenvalue weighted by Gasteiger charge is 2.11. The molecule has 5 heteroatoms. The molecule has 2 aromatic heterocycles. The Bertz CT molecular complexity index is 467. The van der Waals surface area contributed by atoms with Gasteiger partial charge >= 0.3 is 0 Å². The lowest BCUT2D eigenvalue weighted by Crippen LogP contribution is -1.93. The molecule has 74 valence electrons. The number of pyridine rings is 1. The SMILES string of the molecule is COc1c(Cl)ccn2ncc(CO)c12. The monoisotopic (exact) mass is 212 g/mol. The van der Waals surface area contributed by atoms with Gasteiger partial charge in [-0.3, -0.25) is 0 Å². The molecule has 0 radical (unpaired) electrons. The van der Waals surface area contributed by atoms with Crippen molar-refractivity contribution in [2.75, 3.05) is 7.11 Å². The van der Waals surface area contributed by atoms with Crippen LogP contribution in [-0.4, -0.2) is 21.8 Å². The summed E-state index contributed by atoms with van der Waals surface area (Å²) in [6.07, 6.45) is 3.31. The summed E-state index contributed by atoms with van der Waals surface area (Å²) in [4.78, 5) is 0. The maximum Gasteiger partial charge on any atom is 0.163 e. The lowest BCUT2D eigenvalue weighted by molar-refractivity contribution is 0.283. The Morgan fingerprint density at radius 3 is 3.07 bits per heavy atom. The van der Waals surface area contributed by atoms with Crippen molar-refractivity contribution in [2.45, 2.75) is 6.61 Å². The number of methoxy groups -OCH3 is 1. The van der Waals surface area contributed by atoms with E-state index in [2.05, 4.69) is 5.10 Å². The summed E-state index contributed by atoms with van der Waals surface area (Å²) >= 11 is 5.94. The van der Waals surface area contributed by atoms with E-state index in [1.54, 1.807) is 23.0 Å². The van der Waals surface area contributed by atoms with Gasteiger partial charge in [0.25, 0.3) is 0 Å². The van der Waals surface area contributed by atoms with Gasteiger partial charge in [-0.2, -0.15) is 5.10 Å². The molecule has 0 atom stereocenters. The van der Waals surface area contributed by atoms with Gasteiger partial charge in [-0.25, -0.2) is 4.52 Å². The lowest BCUT2D eigenvalue weighted by Gasteiger charge is -2.05. The summed E-state index contributed by atoms with van der Waals surface area (Å²) in [5.41, 5.74) is 1.41. The molecule has 0 saturated heterocycles. The van der Waals surface area contributed by atoms with Crippen molar-refractivity contribution in [3.8, 4) is 5.75 Å². The van der Waals surface area contributed by atoms with Gasteiger partial charge in [-0.1, -0.05) is 11.6 Å². The van der Waals surface area contributed by atoms with Gasteiger partial charge in [0.1, 0.15) is 5.52 Å². The number of aromatic nitrogens is 2. The number of aliphatic hydroxyl groups excluding tert-OH is 1. The molecule has 14 heavy (non-hydrogen) atoms. The van der Waals surface area contributed by atoms with Crippen LogP contribution in [0.4, 0.5) is 0 Å². The standard InChI is InChI=1S/C9H9ClN2O2/c1-14-9-7(10)2-3-12-8(9)6(5-13)4-11-12/h2-4,13H,5H2,1H3. The largest absolute Gasteiger partial charge is 0.493 e. The minimum Gasteiger partial charge on any atom is -0.493 e. The minimum absolute atomic E-state index is 0.0831. The molecule has 4 nitrogen and oxygen atoms in total. The molecule has 0 saturated carbocycles. The Hall–Kier alpha value is -1.26. The molecule has 0 spiro atoms. The number of fused-ring (bicyclic) bond motifs is 1. The van der Waals surface area contributed by atoms with Crippen molar-refractivity contribution in [2.24, 2.45) is 0 Å². The molecule has 2 aromatic rings. The number of ether oxygens (including phenoxy) is 1. The second kappa shape index (κ2) is 3.48. The zero-order chi connectivity index (χ0) is 10.1. The fourth-order valence-corrected chi connectivity index (χ4v) is 1.62. The van der Waals surface area contributed by atoms with E-state index in [-0.39, 0.29) is 6.61 Å². The van der Waals surface area contributed by atoms with Gasteiger partial charge in [0.05, 0.1) is 24.9 Å². The summed E-state index contributed by atoms with van der Waals surface area (Å²) in [6.45, 7) is -0.0831. The normalized spacial score (nSPS) is 10.8. The Morgan fingerprint density at radius 1 is 1.64 bits per heavy atom. The van der Waals surface area contributed by atoms with Gasteiger partial charge in [0.2, 0.25) is 0 Å². The Morgan fingerprint density at radius 2 is 2.43 bits per heavy atom. The van der Waals surface area contributed by atoms with Crippen LogP contribution in [-0.2, 0) is 6.61 Å². The van der Waals surface area contributed by atoms with E-state index < -0.39 is 0 Å². The maximum atomic E-state index is 9.08. The van der Waals surface area contributed by atoms with Crippen molar-refractivity contribution in [3.05, 3.63) is 29.0 Å². The number of aliphatic hydroxyl groups is 1. The first-order valence-electron chi connectivity index (χ1n) is 4.07. The van der Waals surface area contributed by atoms with E-state index in [4.69, 9.17) is 21.4 Å². The van der Waals surface area contributed by atoms with E-state index in [1.165, 1.54) is 7.11 Å². The third-order valence-corrected chi connectivity index (χ3v) is 2.34. The fourth-order valence-electron chi connectivity index (χ4n) is 1.40. The highest BCUT2D eigenvalue weighted by Crippen LogP contribution is 2.30. The molecule has 0 fully saturated rings. The van der Waals surface area contributed by atoms with Crippen molar-refractivity contribution in [1.82, 2.24) is 9.61 Å². The van der Waals surface area contributed by atoms with Gasteiger partial charge in [-0.05, 0) is 6.07 Å².